The molecule has 0 saturated heterocycles. The topological polar surface area (TPSA) is 37.3 Å². The molecule has 0 aromatic carbocycles. The molecule has 0 spiro atoms. The molecule has 0 saturated carbocycles. The Morgan fingerprint density at radius 1 is 2.22 bits per heavy atom. The summed E-state index contributed by atoms with van der Waals surface area (Å²) < 4.78 is 12.7. The SMILES string of the molecule is [2H]B(C)S.[3H]O[C@@H](C)C(C)=O. The number of carbonyl (C=O) groups excluding carboxylic acids is 1. The number of aliphatic hydroxyl groups excluding tert-OH is 1. The lowest BCUT2D eigenvalue weighted by molar-refractivity contribution is -0.124. The van der Waals surface area contributed by atoms with Gasteiger partial charge >= 0.3 is 0 Å². The fraction of sp³-hybridized carbons (Fsp3) is 0.800. The van der Waals surface area contributed by atoms with Gasteiger partial charge in [0.05, 0.1) is 0 Å². The van der Waals surface area contributed by atoms with Crippen LogP contribution in [0, 0.1) is 0 Å². The number of thiol groups is 1. The molecule has 54 valence electrons. The monoisotopic (exact) mass is 151 g/mol. The van der Waals surface area contributed by atoms with E-state index < -0.39 is 6.10 Å². The van der Waals surface area contributed by atoms with Gasteiger partial charge in [0.2, 0.25) is 1.43 Å². The Morgan fingerprint density at radius 2 is 2.56 bits per heavy atom. The molecular weight excluding hydrogens is 135 g/mol. The molecule has 1 N–H and O–H groups in total. The molecule has 4 heteroatoms. The van der Waals surface area contributed by atoms with E-state index in [1.807, 2.05) is 0 Å². The van der Waals surface area contributed by atoms with Crippen LogP contribution in [0.2, 0.25) is 6.82 Å². The zero-order valence-electron chi connectivity index (χ0n) is 7.92. The first-order chi connectivity index (χ1) is 4.91. The molecule has 0 rings (SSSR count). The predicted octanol–water partition coefficient (Wildman–Crippen LogP) is 0.272. The molecule has 0 bridgehead atoms. The largest absolute Gasteiger partial charge is 0.386 e. The standard InChI is InChI=1S/C4H8O2.CH5BS/c1-3(5)4(2)6;1-2-3/h3,5H,1-2H3;2-3H,1H3/t3-;/m0./s1/i5T;2D. The summed E-state index contributed by atoms with van der Waals surface area (Å²) in [7, 11) is 0. The predicted molar refractivity (Wildman–Crippen MR) is 44.4 cm³/mol. The molecule has 0 aliphatic rings. The average molecular weight is 151 g/mol. The third-order valence-corrected chi connectivity index (χ3v) is 0.572. The highest BCUT2D eigenvalue weighted by atomic mass is 32.1. The Kier molecular flexibility index (Phi) is 6.40. The van der Waals surface area contributed by atoms with Crippen LogP contribution in [0.1, 0.15) is 13.8 Å². The van der Waals surface area contributed by atoms with Gasteiger partial charge in [-0.05, 0) is 15.2 Å². The summed E-state index contributed by atoms with van der Waals surface area (Å²) >= 11 is 3.63. The van der Waals surface area contributed by atoms with Gasteiger partial charge in [0, 0.05) is 0 Å². The van der Waals surface area contributed by atoms with Crippen molar-refractivity contribution in [2.24, 2.45) is 0 Å². The van der Waals surface area contributed by atoms with Crippen LogP contribution in [-0.4, -0.2) is 26.3 Å². The second kappa shape index (κ2) is 8.04. The second-order valence-corrected chi connectivity index (χ2v) is 2.03. The maximum Gasteiger partial charge on any atom is 0.211 e. The minimum absolute atomic E-state index is 0.116. The Labute approximate surface area is 65.1 Å². The number of ketones is 1. The summed E-state index contributed by atoms with van der Waals surface area (Å²) in [5, 5.41) is 3.91. The molecule has 0 aromatic heterocycles. The molecule has 0 amide bonds. The van der Waals surface area contributed by atoms with E-state index in [1.165, 1.54) is 13.8 Å². The highest BCUT2D eigenvalue weighted by Crippen LogP contribution is 1.76. The Balaban J connectivity index is 0. The van der Waals surface area contributed by atoms with Crippen molar-refractivity contribution in [1.82, 2.24) is 0 Å². The average Bonchev–Trinajstić information content (AvgIpc) is 1.85. The molecule has 0 aliphatic carbocycles. The van der Waals surface area contributed by atoms with Crippen molar-refractivity contribution in [2.75, 3.05) is 0 Å². The number of rotatable bonds is 2. The van der Waals surface area contributed by atoms with Crippen LogP contribution in [-0.2, 0) is 4.79 Å². The quantitative estimate of drug-likeness (QED) is 0.439. The first-order valence-electron chi connectivity index (χ1n) is 3.63. The van der Waals surface area contributed by atoms with Gasteiger partial charge in [-0.2, -0.15) is 0 Å². The van der Waals surface area contributed by atoms with Crippen molar-refractivity contribution in [3.8, 4) is 0 Å². The van der Waals surface area contributed by atoms with E-state index in [2.05, 4.69) is 17.6 Å². The first kappa shape index (κ1) is 7.16. The molecular formula is C5H13BO2S. The van der Waals surface area contributed by atoms with Crippen LogP contribution < -0.4 is 0 Å². The van der Waals surface area contributed by atoms with Crippen LogP contribution >= 0.6 is 12.5 Å². The normalized spacial score (nSPS) is 13.8. The fourth-order valence-corrected chi connectivity index (χ4v) is 0. The summed E-state index contributed by atoms with van der Waals surface area (Å²) in [6.45, 7) is 4.40. The molecule has 0 aromatic rings. The van der Waals surface area contributed by atoms with E-state index in [1.54, 1.807) is 6.82 Å². The maximum absolute atomic E-state index is 10.1. The number of aliphatic hydroxyl groups is 1. The third-order valence-electron chi connectivity index (χ3n) is 0.572. The molecule has 1 atom stereocenters. The van der Waals surface area contributed by atoms with Gasteiger partial charge in [0.15, 0.2) is 12.3 Å². The Bertz CT molecular complexity index is 110. The van der Waals surface area contributed by atoms with Gasteiger partial charge in [-0.3, -0.25) is 4.79 Å². The van der Waals surface area contributed by atoms with Gasteiger partial charge in [0.1, 0.15) is 6.10 Å². The number of hydrogen-bond acceptors (Lipinski definition) is 3. The second-order valence-electron chi connectivity index (χ2n) is 1.51. The van der Waals surface area contributed by atoms with Crippen LogP contribution in [0.5, 0.6) is 0 Å². The summed E-state index contributed by atoms with van der Waals surface area (Å²) in [6, 6.07) is 0. The smallest absolute Gasteiger partial charge is 0.211 e. The van der Waals surface area contributed by atoms with Crippen molar-refractivity contribution < 1.29 is 9.90 Å². The molecule has 9 heavy (non-hydrogen) atoms. The Hall–Kier alpha value is 0.0449. The van der Waals surface area contributed by atoms with Crippen molar-refractivity contribution in [3.05, 3.63) is 0 Å². The maximum atomic E-state index is 10.1. The zero-order valence-corrected chi connectivity index (χ0v) is 6.81. The lowest BCUT2D eigenvalue weighted by Crippen LogP contribution is -2.10. The van der Waals surface area contributed by atoms with Crippen molar-refractivity contribution >= 4 is 24.8 Å². The van der Waals surface area contributed by atoms with Gasteiger partial charge < -0.3 is 5.11 Å². The lowest BCUT2D eigenvalue weighted by Gasteiger charge is -1.90. The molecule has 0 unspecified atom stereocenters. The van der Waals surface area contributed by atoms with E-state index in [0.717, 1.165) is 0 Å². The van der Waals surface area contributed by atoms with Crippen LogP contribution in [0.15, 0.2) is 0 Å². The molecule has 0 fully saturated rings. The zero-order chi connectivity index (χ0) is 9.44. The van der Waals surface area contributed by atoms with Crippen molar-refractivity contribution in [3.63, 3.8) is 0 Å². The lowest BCUT2D eigenvalue weighted by atomic mass is 10.2. The third kappa shape index (κ3) is 18.0. The van der Waals surface area contributed by atoms with E-state index >= 15 is 0 Å². The van der Waals surface area contributed by atoms with Gasteiger partial charge in [-0.15, -0.1) is 0 Å². The molecule has 0 radical (unpaired) electrons. The van der Waals surface area contributed by atoms with Crippen LogP contribution in [0.4, 0.5) is 0 Å². The Morgan fingerprint density at radius 3 is 2.56 bits per heavy atom. The minimum Gasteiger partial charge on any atom is -0.386 e. The summed E-state index contributed by atoms with van der Waals surface area (Å²) in [5.41, 5.74) is 0. The number of Topliss-reactive ketones (excluding diaryl/α,β-unsaturated/α-hetero) is 1. The van der Waals surface area contributed by atoms with Crippen LogP contribution in [0.3, 0.4) is 0 Å². The summed E-state index contributed by atoms with van der Waals surface area (Å²) in [6.07, 6.45) is -0.569. The first-order valence-corrected chi connectivity index (χ1v) is 3.16. The van der Waals surface area contributed by atoms with E-state index in [-0.39, 0.29) is 12.3 Å². The van der Waals surface area contributed by atoms with E-state index in [0.29, 0.717) is 0 Å². The van der Waals surface area contributed by atoms with Crippen molar-refractivity contribution in [2.45, 2.75) is 26.8 Å². The van der Waals surface area contributed by atoms with E-state index in [4.69, 9.17) is 2.77 Å². The van der Waals surface area contributed by atoms with Crippen LogP contribution in [0.25, 0.3) is 0 Å². The number of hydrogen-bond donors (Lipinski definition) is 2. The minimum atomic E-state index is -0.569. The fourth-order valence-electron chi connectivity index (χ4n) is 0. The molecule has 0 heterocycles. The van der Waals surface area contributed by atoms with Gasteiger partial charge in [-0.1, -0.05) is 6.82 Å². The van der Waals surface area contributed by atoms with Gasteiger partial charge in [0.25, 0.3) is 0 Å². The van der Waals surface area contributed by atoms with E-state index in [9.17, 15) is 4.79 Å². The highest BCUT2D eigenvalue weighted by Gasteiger charge is 1.97. The molecule has 2 nitrogen and oxygen atoms in total. The van der Waals surface area contributed by atoms with Gasteiger partial charge in [-0.25, -0.2) is 12.5 Å². The van der Waals surface area contributed by atoms with Crippen molar-refractivity contribution in [1.29, 1.82) is 2.77 Å². The summed E-state index contributed by atoms with van der Waals surface area (Å²) in [4.78, 5) is 10.1. The number of carbonyl (C=O) groups is 1. The summed E-state index contributed by atoms with van der Waals surface area (Å²) in [5.74, 6) is -0.116. The highest BCUT2D eigenvalue weighted by molar-refractivity contribution is 8.06. The molecule has 0 aliphatic heterocycles.